The van der Waals surface area contributed by atoms with Gasteiger partial charge in [-0.15, -0.1) is 5.10 Å². The molecule has 2 heterocycles. The molecular weight excluding hydrogens is 488 g/mol. The van der Waals surface area contributed by atoms with Crippen LogP contribution in [-0.2, 0) is 26.2 Å². The number of carbonyl (C=O) groups is 1. The summed E-state index contributed by atoms with van der Waals surface area (Å²) in [5, 5.41) is 8.91. The van der Waals surface area contributed by atoms with Crippen molar-refractivity contribution in [3.8, 4) is 0 Å². The van der Waals surface area contributed by atoms with Gasteiger partial charge in [0.25, 0.3) is 0 Å². The fraction of sp³-hybridized carbons (Fsp3) is 0.906. The first-order valence-electron chi connectivity index (χ1n) is 15.3. The first kappa shape index (κ1) is 33.7. The number of aromatic nitrogens is 3. The normalized spacial score (nSPS) is 16.5. The molecule has 39 heavy (non-hydrogen) atoms. The van der Waals surface area contributed by atoms with E-state index in [9.17, 15) is 4.79 Å². The van der Waals surface area contributed by atoms with E-state index in [1.165, 1.54) is 0 Å². The second-order valence-electron chi connectivity index (χ2n) is 15.1. The average Bonchev–Trinajstić information content (AvgIpc) is 3.26. The molecule has 1 aromatic heterocycles. The summed E-state index contributed by atoms with van der Waals surface area (Å²) in [6.45, 7) is 29.4. The van der Waals surface area contributed by atoms with E-state index in [1.54, 1.807) is 0 Å². The Morgan fingerprint density at radius 2 is 1.49 bits per heavy atom. The molecule has 7 nitrogen and oxygen atoms in total. The average molecular weight is 549 g/mol. The van der Waals surface area contributed by atoms with Crippen molar-refractivity contribution in [3.05, 3.63) is 11.9 Å². The van der Waals surface area contributed by atoms with Gasteiger partial charge in [-0.2, -0.15) is 0 Å². The summed E-state index contributed by atoms with van der Waals surface area (Å²) in [5.41, 5.74) is 0.140. The lowest BCUT2D eigenvalue weighted by Crippen LogP contribution is -2.43. The fourth-order valence-corrected chi connectivity index (χ4v) is 5.08. The maximum atomic E-state index is 12.9. The SMILES string of the molecule is CC(C)C1CCN(C(=O)CC(C)(C)OCCC(C)(C)n2cc(CC(C)(C)OCCC(C)(C)C(C)C)nn2)CC1. The Bertz CT molecular complexity index is 893. The predicted octanol–water partition coefficient (Wildman–Crippen LogP) is 6.89. The number of hydrogen-bond acceptors (Lipinski definition) is 5. The molecule has 0 bridgehead atoms. The number of rotatable bonds is 15. The first-order valence-corrected chi connectivity index (χ1v) is 15.3. The molecule has 7 heteroatoms. The van der Waals surface area contributed by atoms with Crippen LogP contribution < -0.4 is 0 Å². The Balaban J connectivity index is 1.82. The zero-order chi connectivity index (χ0) is 29.6. The third-order valence-corrected chi connectivity index (χ3v) is 9.19. The van der Waals surface area contributed by atoms with Crippen molar-refractivity contribution in [1.29, 1.82) is 0 Å². The Morgan fingerprint density at radius 3 is 2.05 bits per heavy atom. The van der Waals surface area contributed by atoms with Crippen molar-refractivity contribution in [2.45, 2.75) is 138 Å². The Hall–Kier alpha value is -1.47. The third kappa shape index (κ3) is 10.8. The van der Waals surface area contributed by atoms with E-state index < -0.39 is 5.60 Å². The van der Waals surface area contributed by atoms with E-state index in [0.717, 1.165) is 57.0 Å². The number of ether oxygens (including phenoxy) is 2. The Kier molecular flexibility index (Phi) is 11.6. The molecule has 1 amide bonds. The maximum absolute atomic E-state index is 12.9. The molecule has 0 saturated carbocycles. The van der Waals surface area contributed by atoms with Gasteiger partial charge in [0.15, 0.2) is 0 Å². The minimum atomic E-state index is -0.499. The van der Waals surface area contributed by atoms with Crippen LogP contribution in [0.4, 0.5) is 0 Å². The smallest absolute Gasteiger partial charge is 0.225 e. The zero-order valence-corrected chi connectivity index (χ0v) is 27.4. The van der Waals surface area contributed by atoms with Crippen LogP contribution in [-0.4, -0.2) is 63.3 Å². The van der Waals surface area contributed by atoms with Crippen molar-refractivity contribution in [3.63, 3.8) is 0 Å². The van der Waals surface area contributed by atoms with Crippen molar-refractivity contribution < 1.29 is 14.3 Å². The number of amides is 1. The number of nitrogens with zero attached hydrogens (tertiary/aromatic N) is 4. The lowest BCUT2D eigenvalue weighted by molar-refractivity contribution is -0.139. The minimum absolute atomic E-state index is 0.208. The molecule has 1 aliphatic rings. The van der Waals surface area contributed by atoms with Crippen LogP contribution in [0.15, 0.2) is 6.20 Å². The molecule has 1 fully saturated rings. The summed E-state index contributed by atoms with van der Waals surface area (Å²) in [6, 6.07) is 0. The first-order chi connectivity index (χ1) is 17.8. The van der Waals surface area contributed by atoms with E-state index in [-0.39, 0.29) is 22.5 Å². The van der Waals surface area contributed by atoms with Crippen LogP contribution in [0, 0.1) is 23.2 Å². The summed E-state index contributed by atoms with van der Waals surface area (Å²) in [4.78, 5) is 15.0. The highest BCUT2D eigenvalue weighted by Gasteiger charge is 2.31. The molecule has 226 valence electrons. The molecule has 0 atom stereocenters. The molecule has 0 aliphatic carbocycles. The number of piperidine rings is 1. The number of likely N-dealkylation sites (tertiary alicyclic amines) is 1. The molecular formula is C32H60N4O3. The minimum Gasteiger partial charge on any atom is -0.375 e. The van der Waals surface area contributed by atoms with E-state index in [4.69, 9.17) is 9.47 Å². The summed E-state index contributed by atoms with van der Waals surface area (Å²) in [6.07, 6.45) is 7.20. The molecule has 1 aromatic rings. The maximum Gasteiger partial charge on any atom is 0.225 e. The van der Waals surface area contributed by atoms with Gasteiger partial charge in [0, 0.05) is 38.9 Å². The molecule has 1 aliphatic heterocycles. The van der Waals surface area contributed by atoms with Gasteiger partial charge in [0.1, 0.15) is 0 Å². The van der Waals surface area contributed by atoms with Crippen LogP contribution in [0.2, 0.25) is 0 Å². The van der Waals surface area contributed by atoms with Crippen LogP contribution in [0.5, 0.6) is 0 Å². The quantitative estimate of drug-likeness (QED) is 0.239. The van der Waals surface area contributed by atoms with Crippen LogP contribution in [0.25, 0.3) is 0 Å². The van der Waals surface area contributed by atoms with Gasteiger partial charge in [-0.1, -0.05) is 46.8 Å². The molecule has 0 spiro atoms. The van der Waals surface area contributed by atoms with E-state index in [0.29, 0.717) is 31.3 Å². The molecule has 1 saturated heterocycles. The topological polar surface area (TPSA) is 69.5 Å². The van der Waals surface area contributed by atoms with Crippen LogP contribution in [0.3, 0.4) is 0 Å². The fourth-order valence-electron chi connectivity index (χ4n) is 5.08. The molecule has 0 aromatic carbocycles. The van der Waals surface area contributed by atoms with Gasteiger partial charge in [0.2, 0.25) is 5.91 Å². The summed E-state index contributed by atoms with van der Waals surface area (Å²) in [7, 11) is 0. The summed E-state index contributed by atoms with van der Waals surface area (Å²) >= 11 is 0. The number of carbonyl (C=O) groups excluding carboxylic acids is 1. The highest BCUT2D eigenvalue weighted by Crippen LogP contribution is 2.31. The van der Waals surface area contributed by atoms with E-state index >= 15 is 0 Å². The number of hydrogen-bond donors (Lipinski definition) is 0. The molecule has 0 N–H and O–H groups in total. The van der Waals surface area contributed by atoms with Gasteiger partial charge in [0.05, 0.1) is 28.9 Å². The Labute approximate surface area is 239 Å². The molecule has 2 rings (SSSR count). The van der Waals surface area contributed by atoms with Crippen molar-refractivity contribution in [2.24, 2.45) is 23.2 Å². The van der Waals surface area contributed by atoms with Gasteiger partial charge in [-0.25, -0.2) is 4.68 Å². The predicted molar refractivity (Wildman–Crippen MR) is 160 cm³/mol. The zero-order valence-electron chi connectivity index (χ0n) is 27.4. The second-order valence-corrected chi connectivity index (χ2v) is 15.1. The Morgan fingerprint density at radius 1 is 0.923 bits per heavy atom. The van der Waals surface area contributed by atoms with Crippen LogP contribution >= 0.6 is 0 Å². The van der Waals surface area contributed by atoms with Gasteiger partial charge >= 0.3 is 0 Å². The van der Waals surface area contributed by atoms with E-state index in [1.807, 2.05) is 29.6 Å². The van der Waals surface area contributed by atoms with E-state index in [2.05, 4.69) is 79.5 Å². The van der Waals surface area contributed by atoms with Crippen molar-refractivity contribution >= 4 is 5.91 Å². The highest BCUT2D eigenvalue weighted by molar-refractivity contribution is 5.77. The molecule has 0 unspecified atom stereocenters. The van der Waals surface area contributed by atoms with Gasteiger partial charge < -0.3 is 14.4 Å². The summed E-state index contributed by atoms with van der Waals surface area (Å²) < 4.78 is 14.5. The van der Waals surface area contributed by atoms with Crippen LogP contribution in [0.1, 0.15) is 121 Å². The second kappa shape index (κ2) is 13.5. The van der Waals surface area contributed by atoms with Crippen molar-refractivity contribution in [2.75, 3.05) is 26.3 Å². The standard InChI is InChI=1S/C32H60N4O3/c1-24(2)26-13-17-35(18-14-26)28(37)22-32(11,12)39-20-16-30(7,8)36-23-27(33-34-36)21-31(9,10)38-19-15-29(5,6)25(3)4/h23-26H,13-22H2,1-12H3. The summed E-state index contributed by atoms with van der Waals surface area (Å²) in [5.74, 6) is 2.26. The van der Waals surface area contributed by atoms with Gasteiger partial charge in [-0.3, -0.25) is 4.79 Å². The van der Waals surface area contributed by atoms with Crippen molar-refractivity contribution in [1.82, 2.24) is 19.9 Å². The van der Waals surface area contributed by atoms with Gasteiger partial charge in [-0.05, 0) is 90.4 Å². The third-order valence-electron chi connectivity index (χ3n) is 9.19. The lowest BCUT2D eigenvalue weighted by Gasteiger charge is -2.36. The largest absolute Gasteiger partial charge is 0.375 e. The monoisotopic (exact) mass is 548 g/mol. The highest BCUT2D eigenvalue weighted by atomic mass is 16.5. The lowest BCUT2D eigenvalue weighted by atomic mass is 9.78. The molecule has 0 radical (unpaired) electrons.